The molecule has 0 fully saturated rings. The molecule has 0 aliphatic heterocycles. The molecule has 3 N–H and O–H groups in total. The van der Waals surface area contributed by atoms with Crippen LogP contribution in [0.5, 0.6) is 0 Å². The average molecular weight is 457 g/mol. The quantitative estimate of drug-likeness (QED) is 0.275. The Balaban J connectivity index is 2.21. The third-order valence-corrected chi connectivity index (χ3v) is 3.94. The van der Waals surface area contributed by atoms with Crippen molar-refractivity contribution in [1.29, 1.82) is 0 Å². The molecular weight excluding hydrogens is 440 g/mol. The Labute approximate surface area is 178 Å². The first-order valence-electron chi connectivity index (χ1n) is 8.90. The first-order valence-corrected chi connectivity index (χ1v) is 8.90. The lowest BCUT2D eigenvalue weighted by atomic mass is 10.1. The molecule has 0 aliphatic rings. The van der Waals surface area contributed by atoms with E-state index in [4.69, 9.17) is 0 Å². The molecule has 11 heteroatoms. The van der Waals surface area contributed by atoms with E-state index in [1.54, 1.807) is 6.92 Å². The van der Waals surface area contributed by atoms with E-state index >= 15 is 0 Å². The standard InChI is InChI=1S/C21H17F6N3O2/c1-3-5-12(2)18(31)30-17-9-8-15(11-16(17)21(25,26)27)29-19(32)28-14-7-4-6-13(10-14)20(22,23)24/h3-11H,2H2,1H3,(H,30,31)(H2,28,29,32)/b5-3-. The lowest BCUT2D eigenvalue weighted by molar-refractivity contribution is -0.138. The molecule has 0 unspecified atom stereocenters. The van der Waals surface area contributed by atoms with E-state index in [0.717, 1.165) is 24.3 Å². The molecule has 2 aromatic carbocycles. The number of halogens is 6. The maximum Gasteiger partial charge on any atom is 0.418 e. The predicted octanol–water partition coefficient (Wildman–Crippen LogP) is 6.44. The lowest BCUT2D eigenvalue weighted by Gasteiger charge is -2.16. The van der Waals surface area contributed by atoms with Gasteiger partial charge in [-0.3, -0.25) is 4.79 Å². The highest BCUT2D eigenvalue weighted by Gasteiger charge is 2.34. The molecular formula is C21H17F6N3O2. The minimum absolute atomic E-state index is 0.0664. The number of rotatable bonds is 5. The van der Waals surface area contributed by atoms with Crippen LogP contribution in [0.25, 0.3) is 0 Å². The Bertz CT molecular complexity index is 1060. The van der Waals surface area contributed by atoms with Gasteiger partial charge in [-0.1, -0.05) is 24.8 Å². The first kappa shape index (κ1) is 24.5. The molecule has 0 atom stereocenters. The number of hydrogen-bond acceptors (Lipinski definition) is 2. The number of hydrogen-bond donors (Lipinski definition) is 3. The second-order valence-corrected chi connectivity index (χ2v) is 6.40. The molecule has 0 saturated carbocycles. The van der Waals surface area contributed by atoms with Crippen LogP contribution >= 0.6 is 0 Å². The van der Waals surface area contributed by atoms with Gasteiger partial charge in [-0.15, -0.1) is 0 Å². The van der Waals surface area contributed by atoms with Crippen LogP contribution in [0.15, 0.2) is 66.8 Å². The Hall–Kier alpha value is -3.76. The smallest absolute Gasteiger partial charge is 0.321 e. The minimum atomic E-state index is -4.88. The van der Waals surface area contributed by atoms with Gasteiger partial charge < -0.3 is 16.0 Å². The van der Waals surface area contributed by atoms with Crippen LogP contribution in [0.4, 0.5) is 48.2 Å². The summed E-state index contributed by atoms with van der Waals surface area (Å²) in [6.07, 6.45) is -6.70. The summed E-state index contributed by atoms with van der Waals surface area (Å²) in [6, 6.07) is 5.29. The second-order valence-electron chi connectivity index (χ2n) is 6.40. The van der Waals surface area contributed by atoms with Crippen LogP contribution in [0, 0.1) is 0 Å². The van der Waals surface area contributed by atoms with Crippen molar-refractivity contribution in [2.75, 3.05) is 16.0 Å². The molecule has 32 heavy (non-hydrogen) atoms. The van der Waals surface area contributed by atoms with Crippen molar-refractivity contribution < 1.29 is 35.9 Å². The highest BCUT2D eigenvalue weighted by atomic mass is 19.4. The Morgan fingerprint density at radius 3 is 2.06 bits per heavy atom. The number of anilines is 3. The Morgan fingerprint density at radius 2 is 1.50 bits per heavy atom. The fourth-order valence-corrected chi connectivity index (χ4v) is 2.51. The highest BCUT2D eigenvalue weighted by Crippen LogP contribution is 2.37. The van der Waals surface area contributed by atoms with E-state index in [9.17, 15) is 35.9 Å². The molecule has 0 spiro atoms. The summed E-state index contributed by atoms with van der Waals surface area (Å²) in [4.78, 5) is 24.0. The number of nitrogens with one attached hydrogen (secondary N) is 3. The van der Waals surface area contributed by atoms with Gasteiger partial charge in [0.15, 0.2) is 0 Å². The average Bonchev–Trinajstić information content (AvgIpc) is 2.68. The molecule has 0 bridgehead atoms. The monoisotopic (exact) mass is 457 g/mol. The van der Waals surface area contributed by atoms with E-state index < -0.39 is 41.1 Å². The zero-order valence-electron chi connectivity index (χ0n) is 16.5. The third-order valence-electron chi connectivity index (χ3n) is 3.94. The van der Waals surface area contributed by atoms with E-state index in [-0.39, 0.29) is 16.9 Å². The van der Waals surface area contributed by atoms with Crippen LogP contribution in [0.1, 0.15) is 18.1 Å². The number of carbonyl (C=O) groups is 2. The summed E-state index contributed by atoms with van der Waals surface area (Å²) in [5, 5.41) is 6.33. The van der Waals surface area contributed by atoms with Gasteiger partial charge in [0.1, 0.15) is 0 Å². The van der Waals surface area contributed by atoms with Crippen molar-refractivity contribution in [1.82, 2.24) is 0 Å². The molecule has 0 radical (unpaired) electrons. The lowest BCUT2D eigenvalue weighted by Crippen LogP contribution is -2.21. The highest BCUT2D eigenvalue weighted by molar-refractivity contribution is 6.06. The van der Waals surface area contributed by atoms with Crippen LogP contribution in [-0.2, 0) is 17.1 Å². The molecule has 0 heterocycles. The van der Waals surface area contributed by atoms with Crippen molar-refractivity contribution >= 4 is 29.0 Å². The van der Waals surface area contributed by atoms with E-state index in [1.165, 1.54) is 18.2 Å². The van der Waals surface area contributed by atoms with E-state index in [1.807, 2.05) is 0 Å². The molecule has 170 valence electrons. The maximum absolute atomic E-state index is 13.4. The van der Waals surface area contributed by atoms with Gasteiger partial charge in [0.2, 0.25) is 0 Å². The van der Waals surface area contributed by atoms with Crippen molar-refractivity contribution in [2.24, 2.45) is 0 Å². The van der Waals surface area contributed by atoms with Crippen LogP contribution < -0.4 is 16.0 Å². The SMILES string of the molecule is C=C(/C=C\C)C(=O)Nc1ccc(NC(=O)Nc2cccc(C(F)(F)F)c2)cc1C(F)(F)F. The van der Waals surface area contributed by atoms with Crippen molar-refractivity contribution in [3.05, 3.63) is 77.9 Å². The van der Waals surface area contributed by atoms with Crippen LogP contribution in [0.2, 0.25) is 0 Å². The third kappa shape index (κ3) is 6.62. The number of carbonyl (C=O) groups excluding carboxylic acids is 2. The van der Waals surface area contributed by atoms with E-state index in [0.29, 0.717) is 12.1 Å². The van der Waals surface area contributed by atoms with Gasteiger partial charge in [-0.2, -0.15) is 26.3 Å². The number of urea groups is 1. The van der Waals surface area contributed by atoms with Gasteiger partial charge in [-0.25, -0.2) is 4.79 Å². The Kier molecular flexibility index (Phi) is 7.34. The van der Waals surface area contributed by atoms with Gasteiger partial charge in [0, 0.05) is 16.9 Å². The summed E-state index contributed by atoms with van der Waals surface area (Å²) in [7, 11) is 0. The minimum Gasteiger partial charge on any atom is -0.321 e. The van der Waals surface area contributed by atoms with E-state index in [2.05, 4.69) is 22.5 Å². The molecule has 3 amide bonds. The topological polar surface area (TPSA) is 70.2 Å². The fraction of sp³-hybridized carbons (Fsp3) is 0.143. The van der Waals surface area contributed by atoms with Gasteiger partial charge in [0.25, 0.3) is 5.91 Å². The Morgan fingerprint density at radius 1 is 0.875 bits per heavy atom. The van der Waals surface area contributed by atoms with Crippen molar-refractivity contribution in [3.8, 4) is 0 Å². The van der Waals surface area contributed by atoms with Crippen LogP contribution in [0.3, 0.4) is 0 Å². The first-order chi connectivity index (χ1) is 14.8. The van der Waals surface area contributed by atoms with Crippen molar-refractivity contribution in [2.45, 2.75) is 19.3 Å². The molecule has 2 aromatic rings. The zero-order valence-corrected chi connectivity index (χ0v) is 16.5. The number of alkyl halides is 6. The summed E-state index contributed by atoms with van der Waals surface area (Å²) in [5.74, 6) is -0.850. The predicted molar refractivity (Wildman–Crippen MR) is 108 cm³/mol. The zero-order chi connectivity index (χ0) is 24.1. The number of allylic oxidation sites excluding steroid dienone is 1. The van der Waals surface area contributed by atoms with Gasteiger partial charge in [-0.05, 0) is 43.3 Å². The largest absolute Gasteiger partial charge is 0.418 e. The van der Waals surface area contributed by atoms with Gasteiger partial charge >= 0.3 is 18.4 Å². The van der Waals surface area contributed by atoms with Crippen molar-refractivity contribution in [3.63, 3.8) is 0 Å². The summed E-state index contributed by atoms with van der Waals surface area (Å²) < 4.78 is 78.6. The number of benzene rings is 2. The number of amides is 3. The van der Waals surface area contributed by atoms with Crippen LogP contribution in [-0.4, -0.2) is 11.9 Å². The summed E-state index contributed by atoms with van der Waals surface area (Å²) in [5.41, 5.74) is -3.38. The molecule has 5 nitrogen and oxygen atoms in total. The maximum atomic E-state index is 13.4. The molecule has 0 saturated heterocycles. The fourth-order valence-electron chi connectivity index (χ4n) is 2.51. The molecule has 2 rings (SSSR count). The summed E-state index contributed by atoms with van der Waals surface area (Å²) in [6.45, 7) is 5.04. The normalized spacial score (nSPS) is 11.8. The second kappa shape index (κ2) is 9.58. The summed E-state index contributed by atoms with van der Waals surface area (Å²) >= 11 is 0. The molecule has 0 aromatic heterocycles. The van der Waals surface area contributed by atoms with Gasteiger partial charge in [0.05, 0.1) is 16.8 Å². The molecule has 0 aliphatic carbocycles.